The number of rotatable bonds is 4. The highest BCUT2D eigenvalue weighted by molar-refractivity contribution is 5.74. The highest BCUT2D eigenvalue weighted by atomic mass is 19.3. The molecule has 0 heterocycles. The molecule has 1 aromatic rings. The molecular formula is C11H14F2N2O. The molecule has 2 amide bonds. The number of hydrogen-bond donors (Lipinski definition) is 2. The van der Waals surface area contributed by atoms with E-state index < -0.39 is 18.5 Å². The molecule has 1 unspecified atom stereocenters. The van der Waals surface area contributed by atoms with Gasteiger partial charge in [-0.25, -0.2) is 13.6 Å². The Balaban J connectivity index is 2.31. The molecule has 88 valence electrons. The zero-order chi connectivity index (χ0) is 12.0. The minimum atomic E-state index is -2.55. The molecule has 0 fully saturated rings. The number of amides is 2. The van der Waals surface area contributed by atoms with Gasteiger partial charge in [0.2, 0.25) is 0 Å². The summed E-state index contributed by atoms with van der Waals surface area (Å²) in [6.07, 6.45) is -2.55. The first-order valence-corrected chi connectivity index (χ1v) is 4.96. The lowest BCUT2D eigenvalue weighted by atomic mass is 10.2. The second-order valence-corrected chi connectivity index (χ2v) is 3.44. The summed E-state index contributed by atoms with van der Waals surface area (Å²) in [7, 11) is 0. The number of carbonyl (C=O) groups excluding carboxylic acids is 1. The van der Waals surface area contributed by atoms with Crippen LogP contribution in [-0.4, -0.2) is 18.5 Å². The topological polar surface area (TPSA) is 41.1 Å². The number of hydrogen-bond acceptors (Lipinski definition) is 1. The van der Waals surface area contributed by atoms with Crippen molar-refractivity contribution in [2.45, 2.75) is 25.9 Å². The lowest BCUT2D eigenvalue weighted by Crippen LogP contribution is -2.43. The Morgan fingerprint density at radius 1 is 1.31 bits per heavy atom. The van der Waals surface area contributed by atoms with Crippen LogP contribution < -0.4 is 10.6 Å². The third-order valence-electron chi connectivity index (χ3n) is 2.03. The normalized spacial score (nSPS) is 12.2. The van der Waals surface area contributed by atoms with Crippen molar-refractivity contribution in [3.8, 4) is 0 Å². The molecule has 1 rings (SSSR count). The van der Waals surface area contributed by atoms with E-state index in [4.69, 9.17) is 0 Å². The molecule has 0 spiro atoms. The third kappa shape index (κ3) is 4.25. The molecule has 0 aromatic heterocycles. The summed E-state index contributed by atoms with van der Waals surface area (Å²) in [4.78, 5) is 11.2. The number of benzene rings is 1. The fourth-order valence-electron chi connectivity index (χ4n) is 1.10. The summed E-state index contributed by atoms with van der Waals surface area (Å²) in [5.74, 6) is 0. The van der Waals surface area contributed by atoms with E-state index in [-0.39, 0.29) is 0 Å². The largest absolute Gasteiger partial charge is 0.334 e. The Kier molecular flexibility index (Phi) is 4.69. The molecule has 0 aliphatic rings. The molecule has 0 radical (unpaired) electrons. The highest BCUT2D eigenvalue weighted by Crippen LogP contribution is 2.00. The van der Waals surface area contributed by atoms with E-state index in [0.29, 0.717) is 6.54 Å². The Labute approximate surface area is 92.8 Å². The number of alkyl halides is 2. The number of carbonyl (C=O) groups is 1. The summed E-state index contributed by atoms with van der Waals surface area (Å²) >= 11 is 0. The second-order valence-electron chi connectivity index (χ2n) is 3.44. The van der Waals surface area contributed by atoms with Gasteiger partial charge in [0, 0.05) is 6.54 Å². The van der Waals surface area contributed by atoms with Crippen LogP contribution in [0.5, 0.6) is 0 Å². The molecule has 0 aliphatic heterocycles. The summed E-state index contributed by atoms with van der Waals surface area (Å²) in [6.45, 7) is 1.58. The van der Waals surface area contributed by atoms with Crippen LogP contribution in [0.2, 0.25) is 0 Å². The summed E-state index contributed by atoms with van der Waals surface area (Å²) in [5, 5.41) is 4.65. The molecule has 5 heteroatoms. The monoisotopic (exact) mass is 228 g/mol. The maximum Gasteiger partial charge on any atom is 0.315 e. The first-order valence-electron chi connectivity index (χ1n) is 4.96. The summed E-state index contributed by atoms with van der Waals surface area (Å²) in [5.41, 5.74) is 0.919. The number of nitrogens with one attached hydrogen (secondary N) is 2. The van der Waals surface area contributed by atoms with Crippen molar-refractivity contribution in [1.29, 1.82) is 0 Å². The van der Waals surface area contributed by atoms with Gasteiger partial charge in [-0.05, 0) is 12.5 Å². The van der Waals surface area contributed by atoms with Crippen LogP contribution in [0.3, 0.4) is 0 Å². The van der Waals surface area contributed by atoms with Gasteiger partial charge in [-0.15, -0.1) is 0 Å². The van der Waals surface area contributed by atoms with E-state index in [0.717, 1.165) is 5.56 Å². The lowest BCUT2D eigenvalue weighted by molar-refractivity contribution is 0.109. The Bertz CT molecular complexity index is 330. The van der Waals surface area contributed by atoms with Gasteiger partial charge in [-0.2, -0.15) is 0 Å². The average Bonchev–Trinajstić information content (AvgIpc) is 2.27. The third-order valence-corrected chi connectivity index (χ3v) is 2.03. The SMILES string of the molecule is CC(NC(=O)NCc1ccccc1)C(F)F. The van der Waals surface area contributed by atoms with Gasteiger partial charge in [0.1, 0.15) is 0 Å². The number of urea groups is 1. The van der Waals surface area contributed by atoms with E-state index in [1.807, 2.05) is 30.3 Å². The molecule has 3 nitrogen and oxygen atoms in total. The zero-order valence-electron chi connectivity index (χ0n) is 8.91. The summed E-state index contributed by atoms with van der Waals surface area (Å²) in [6, 6.07) is 7.51. The maximum atomic E-state index is 12.1. The highest BCUT2D eigenvalue weighted by Gasteiger charge is 2.16. The minimum absolute atomic E-state index is 0.322. The number of halogens is 2. The second kappa shape index (κ2) is 6.05. The van der Waals surface area contributed by atoms with Crippen LogP contribution in [0.1, 0.15) is 12.5 Å². The van der Waals surface area contributed by atoms with Gasteiger partial charge in [-0.3, -0.25) is 0 Å². The average molecular weight is 228 g/mol. The van der Waals surface area contributed by atoms with E-state index in [1.54, 1.807) is 0 Å². The van der Waals surface area contributed by atoms with Crippen molar-refractivity contribution >= 4 is 6.03 Å². The van der Waals surface area contributed by atoms with Crippen LogP contribution in [0.25, 0.3) is 0 Å². The smallest absolute Gasteiger partial charge is 0.315 e. The molecule has 0 aliphatic carbocycles. The molecule has 0 saturated carbocycles. The van der Waals surface area contributed by atoms with E-state index in [9.17, 15) is 13.6 Å². The molecule has 1 aromatic carbocycles. The van der Waals surface area contributed by atoms with Gasteiger partial charge >= 0.3 is 6.03 Å². The molecule has 1 atom stereocenters. The summed E-state index contributed by atoms with van der Waals surface area (Å²) < 4.78 is 24.2. The molecule has 16 heavy (non-hydrogen) atoms. The van der Waals surface area contributed by atoms with Crippen LogP contribution in [-0.2, 0) is 6.54 Å². The van der Waals surface area contributed by atoms with Crippen LogP contribution in [0, 0.1) is 0 Å². The maximum absolute atomic E-state index is 12.1. The quantitative estimate of drug-likeness (QED) is 0.814. The predicted molar refractivity (Wildman–Crippen MR) is 57.3 cm³/mol. The van der Waals surface area contributed by atoms with Crippen molar-refractivity contribution < 1.29 is 13.6 Å². The first-order chi connectivity index (χ1) is 7.59. The van der Waals surface area contributed by atoms with Crippen molar-refractivity contribution in [1.82, 2.24) is 10.6 Å². The fourth-order valence-corrected chi connectivity index (χ4v) is 1.10. The first kappa shape index (κ1) is 12.4. The van der Waals surface area contributed by atoms with Gasteiger partial charge < -0.3 is 10.6 Å². The van der Waals surface area contributed by atoms with E-state index >= 15 is 0 Å². The van der Waals surface area contributed by atoms with Crippen molar-refractivity contribution in [2.24, 2.45) is 0 Å². The van der Waals surface area contributed by atoms with Crippen LogP contribution in [0.15, 0.2) is 30.3 Å². The molecule has 0 bridgehead atoms. The molecular weight excluding hydrogens is 214 g/mol. The Morgan fingerprint density at radius 3 is 2.50 bits per heavy atom. The molecule has 0 saturated heterocycles. The van der Waals surface area contributed by atoms with Crippen molar-refractivity contribution in [3.63, 3.8) is 0 Å². The van der Waals surface area contributed by atoms with E-state index in [1.165, 1.54) is 6.92 Å². The van der Waals surface area contributed by atoms with Crippen molar-refractivity contribution in [3.05, 3.63) is 35.9 Å². The Hall–Kier alpha value is -1.65. The van der Waals surface area contributed by atoms with Gasteiger partial charge in [0.05, 0.1) is 6.04 Å². The minimum Gasteiger partial charge on any atom is -0.334 e. The van der Waals surface area contributed by atoms with Gasteiger partial charge in [0.15, 0.2) is 0 Å². The zero-order valence-corrected chi connectivity index (χ0v) is 8.91. The Morgan fingerprint density at radius 2 is 1.94 bits per heavy atom. The van der Waals surface area contributed by atoms with E-state index in [2.05, 4.69) is 10.6 Å². The van der Waals surface area contributed by atoms with Crippen molar-refractivity contribution in [2.75, 3.05) is 0 Å². The standard InChI is InChI=1S/C11H14F2N2O/c1-8(10(12)13)15-11(16)14-7-9-5-3-2-4-6-9/h2-6,8,10H,7H2,1H3,(H2,14,15,16). The predicted octanol–water partition coefficient (Wildman–Crippen LogP) is 2.14. The fraction of sp³-hybridized carbons (Fsp3) is 0.364. The van der Waals surface area contributed by atoms with Crippen LogP contribution in [0.4, 0.5) is 13.6 Å². The lowest BCUT2D eigenvalue weighted by Gasteiger charge is -2.13. The van der Waals surface area contributed by atoms with Gasteiger partial charge in [-0.1, -0.05) is 30.3 Å². The van der Waals surface area contributed by atoms with Gasteiger partial charge in [0.25, 0.3) is 6.43 Å². The molecule has 2 N–H and O–H groups in total. The van der Waals surface area contributed by atoms with Crippen LogP contribution >= 0.6 is 0 Å².